The van der Waals surface area contributed by atoms with E-state index in [-0.39, 0.29) is 17.5 Å². The molecule has 0 spiro atoms. The first-order chi connectivity index (χ1) is 17.7. The molecule has 9 heteroatoms. The number of pyridine rings is 1. The second-order valence-corrected chi connectivity index (χ2v) is 11.1. The molecule has 1 fully saturated rings. The zero-order chi connectivity index (χ0) is 26.6. The number of hydrogen-bond donors (Lipinski definition) is 3. The summed E-state index contributed by atoms with van der Waals surface area (Å²) in [4.78, 5) is 21.9. The number of hydrogen-bond acceptors (Lipinski definition) is 9. The number of nitrogens with one attached hydrogen (secondary N) is 2. The minimum Gasteiger partial charge on any atom is -0.367 e. The van der Waals surface area contributed by atoms with Gasteiger partial charge in [0.2, 0.25) is 0 Å². The summed E-state index contributed by atoms with van der Waals surface area (Å²) < 4.78 is 0. The molecular weight excluding hydrogens is 462 g/mol. The number of nitrogens with two attached hydrogens (primary N) is 1. The van der Waals surface area contributed by atoms with Crippen molar-refractivity contribution in [1.29, 1.82) is 0 Å². The quantitative estimate of drug-likeness (QED) is 0.349. The lowest BCUT2D eigenvalue weighted by atomic mass is 9.95. The van der Waals surface area contributed by atoms with E-state index in [1.54, 1.807) is 5.01 Å². The lowest BCUT2D eigenvalue weighted by molar-refractivity contribution is 0.322. The average molecular weight is 506 g/mol. The number of hydrazine groups is 1. The second-order valence-electron chi connectivity index (χ2n) is 11.1. The maximum absolute atomic E-state index is 5.95. The number of rotatable bonds is 9. The summed E-state index contributed by atoms with van der Waals surface area (Å²) >= 11 is 0. The molecule has 0 aromatic carbocycles. The number of anilines is 1. The molecule has 4 N–H and O–H groups in total. The summed E-state index contributed by atoms with van der Waals surface area (Å²) in [5.74, 6) is 9.04. The predicted octanol–water partition coefficient (Wildman–Crippen LogP) is 3.81. The van der Waals surface area contributed by atoms with E-state index in [1.807, 2.05) is 30.9 Å². The van der Waals surface area contributed by atoms with Gasteiger partial charge in [-0.1, -0.05) is 13.8 Å². The van der Waals surface area contributed by atoms with Gasteiger partial charge >= 0.3 is 0 Å². The molecule has 2 unspecified atom stereocenters. The summed E-state index contributed by atoms with van der Waals surface area (Å²) in [6, 6.07) is 0.253. The van der Waals surface area contributed by atoms with Gasteiger partial charge in [0.15, 0.2) is 0 Å². The van der Waals surface area contributed by atoms with E-state index in [4.69, 9.17) is 15.8 Å². The lowest BCUT2D eigenvalue weighted by Gasteiger charge is -2.40. The summed E-state index contributed by atoms with van der Waals surface area (Å²) in [6.45, 7) is 16.4. The predicted molar refractivity (Wildman–Crippen MR) is 153 cm³/mol. The number of aliphatic imine (C=N–C) groups is 1. The Kier molecular flexibility index (Phi) is 8.44. The fourth-order valence-electron chi connectivity index (χ4n) is 4.78. The molecule has 37 heavy (non-hydrogen) atoms. The largest absolute Gasteiger partial charge is 0.367 e. The van der Waals surface area contributed by atoms with Crippen LogP contribution in [0, 0.1) is 0 Å². The molecule has 4 heterocycles. The molecule has 0 aliphatic carbocycles. The van der Waals surface area contributed by atoms with Crippen LogP contribution in [0.4, 0.5) is 5.82 Å². The van der Waals surface area contributed by atoms with Crippen LogP contribution in [0.25, 0.3) is 10.9 Å². The Morgan fingerprint density at radius 1 is 1.27 bits per heavy atom. The zero-order valence-electron chi connectivity index (χ0n) is 23.2. The Balaban J connectivity index is 1.68. The number of fused-ring (bicyclic) bond motifs is 1. The molecule has 0 radical (unpaired) electrons. The maximum atomic E-state index is 5.95. The topological polar surface area (TPSA) is 108 Å². The van der Waals surface area contributed by atoms with Gasteiger partial charge in [-0.25, -0.2) is 20.8 Å². The van der Waals surface area contributed by atoms with E-state index in [9.17, 15) is 0 Å². The number of piperazine rings is 1. The Morgan fingerprint density at radius 3 is 2.81 bits per heavy atom. The molecule has 0 saturated carbocycles. The van der Waals surface area contributed by atoms with Crippen LogP contribution in [-0.2, 0) is 0 Å². The first kappa shape index (κ1) is 27.0. The SMILES string of the molecule is CCC(C)c1cncc2nc(C3C=C(NC/C=C\N(N)C(C)C)N=CC3)nc(N3CCNC(C)(C)C3)c12. The molecule has 1 saturated heterocycles. The van der Waals surface area contributed by atoms with Crippen molar-refractivity contribution >= 4 is 22.9 Å². The summed E-state index contributed by atoms with van der Waals surface area (Å²) in [6.07, 6.45) is 13.7. The highest BCUT2D eigenvalue weighted by molar-refractivity contribution is 5.92. The van der Waals surface area contributed by atoms with Crippen molar-refractivity contribution in [3.05, 3.63) is 48.0 Å². The van der Waals surface area contributed by atoms with Crippen LogP contribution in [0.15, 0.2) is 41.6 Å². The third-order valence-corrected chi connectivity index (χ3v) is 7.20. The summed E-state index contributed by atoms with van der Waals surface area (Å²) in [5.41, 5.74) is 2.15. The standard InChI is InChI=1S/C28H43N9/c1-7-20(4)22-16-30-17-23-25(22)27(36-14-12-33-28(5,6)18-36)35-26(34-23)21-9-11-32-24(15-21)31-10-8-13-37(29)19(2)3/h8,11,13,15-17,19-21,31,33H,7,9-10,12,14,18,29H2,1-6H3/b13-8-. The van der Waals surface area contributed by atoms with Crippen molar-refractivity contribution in [1.82, 2.24) is 30.6 Å². The van der Waals surface area contributed by atoms with E-state index in [1.165, 1.54) is 5.56 Å². The van der Waals surface area contributed by atoms with Gasteiger partial charge in [-0.2, -0.15) is 0 Å². The van der Waals surface area contributed by atoms with Gasteiger partial charge in [0.05, 0.1) is 11.7 Å². The van der Waals surface area contributed by atoms with Crippen LogP contribution >= 0.6 is 0 Å². The van der Waals surface area contributed by atoms with Gasteiger partial charge in [-0.05, 0) is 64.2 Å². The van der Waals surface area contributed by atoms with Crippen molar-refractivity contribution in [2.45, 2.75) is 77.8 Å². The summed E-state index contributed by atoms with van der Waals surface area (Å²) in [7, 11) is 0. The molecule has 2 aliphatic rings. The molecule has 200 valence electrons. The van der Waals surface area contributed by atoms with E-state index in [0.717, 1.165) is 60.8 Å². The van der Waals surface area contributed by atoms with Gasteiger partial charge in [0.25, 0.3) is 0 Å². The fourth-order valence-corrected chi connectivity index (χ4v) is 4.78. The van der Waals surface area contributed by atoms with Crippen LogP contribution in [-0.4, -0.2) is 63.9 Å². The zero-order valence-corrected chi connectivity index (χ0v) is 23.2. The number of aromatic nitrogens is 3. The Hall–Kier alpha value is -3.04. The third kappa shape index (κ3) is 6.45. The molecule has 2 aromatic rings. The smallest absolute Gasteiger partial charge is 0.140 e. The Labute approximate surface area is 221 Å². The highest BCUT2D eigenvalue weighted by atomic mass is 15.4. The molecule has 2 atom stereocenters. The van der Waals surface area contributed by atoms with Gasteiger partial charge in [-0.3, -0.25) is 4.98 Å². The molecule has 2 aliphatic heterocycles. The monoisotopic (exact) mass is 505 g/mol. The van der Waals surface area contributed by atoms with Crippen LogP contribution in [0.1, 0.15) is 77.6 Å². The average Bonchev–Trinajstić information content (AvgIpc) is 2.89. The van der Waals surface area contributed by atoms with Crippen LogP contribution < -0.4 is 21.4 Å². The van der Waals surface area contributed by atoms with Crippen molar-refractivity contribution in [2.75, 3.05) is 31.1 Å². The van der Waals surface area contributed by atoms with Crippen molar-refractivity contribution in [3.8, 4) is 0 Å². The lowest BCUT2D eigenvalue weighted by Crippen LogP contribution is -2.57. The molecule has 4 rings (SSSR count). The second kappa shape index (κ2) is 11.6. The van der Waals surface area contributed by atoms with Gasteiger partial charge in [-0.15, -0.1) is 0 Å². The van der Waals surface area contributed by atoms with E-state index in [0.29, 0.717) is 12.5 Å². The fraction of sp³-hybridized carbons (Fsp3) is 0.571. The molecular formula is C28H43N9. The highest BCUT2D eigenvalue weighted by Gasteiger charge is 2.30. The third-order valence-electron chi connectivity index (χ3n) is 7.20. The maximum Gasteiger partial charge on any atom is 0.140 e. The van der Waals surface area contributed by atoms with Crippen molar-refractivity contribution < 1.29 is 0 Å². The Morgan fingerprint density at radius 2 is 2.08 bits per heavy atom. The van der Waals surface area contributed by atoms with Gasteiger partial charge in [0, 0.05) is 67.7 Å². The molecule has 0 amide bonds. The van der Waals surface area contributed by atoms with Crippen LogP contribution in [0.5, 0.6) is 0 Å². The van der Waals surface area contributed by atoms with Crippen molar-refractivity contribution in [3.63, 3.8) is 0 Å². The summed E-state index contributed by atoms with van der Waals surface area (Å²) in [5, 5.41) is 9.83. The van der Waals surface area contributed by atoms with Crippen molar-refractivity contribution in [2.24, 2.45) is 10.8 Å². The highest BCUT2D eigenvalue weighted by Crippen LogP contribution is 2.35. The van der Waals surface area contributed by atoms with Gasteiger partial charge in [0.1, 0.15) is 17.5 Å². The van der Waals surface area contributed by atoms with Gasteiger partial charge < -0.3 is 20.5 Å². The minimum atomic E-state index is 0.00986. The number of allylic oxidation sites excluding steroid dienone is 1. The Bertz CT molecular complexity index is 1170. The first-order valence-electron chi connectivity index (χ1n) is 13.5. The van der Waals surface area contributed by atoms with Crippen LogP contribution in [0.2, 0.25) is 0 Å². The number of nitrogens with zero attached hydrogens (tertiary/aromatic N) is 6. The van der Waals surface area contributed by atoms with E-state index >= 15 is 0 Å². The van der Waals surface area contributed by atoms with E-state index < -0.39 is 0 Å². The molecule has 0 bridgehead atoms. The molecule has 9 nitrogen and oxygen atoms in total. The molecule has 2 aromatic heterocycles. The minimum absolute atomic E-state index is 0.00986. The van der Waals surface area contributed by atoms with Crippen LogP contribution in [0.3, 0.4) is 0 Å². The van der Waals surface area contributed by atoms with E-state index in [2.05, 4.69) is 73.1 Å². The normalized spacial score (nSPS) is 20.5. The first-order valence-corrected chi connectivity index (χ1v) is 13.5.